The molecule has 152 valence electrons. The maximum absolute atomic E-state index is 13.0. The van der Waals surface area contributed by atoms with Gasteiger partial charge >= 0.3 is 0 Å². The quantitative estimate of drug-likeness (QED) is 0.393. The molecule has 1 heterocycles. The van der Waals surface area contributed by atoms with E-state index >= 15 is 0 Å². The fraction of sp³-hybridized carbons (Fsp3) is 0.185. The first-order valence-corrected chi connectivity index (χ1v) is 10.3. The van der Waals surface area contributed by atoms with Crippen molar-refractivity contribution in [2.45, 2.75) is 27.7 Å². The highest BCUT2D eigenvalue weighted by molar-refractivity contribution is 6.11. The zero-order valence-electron chi connectivity index (χ0n) is 18.2. The van der Waals surface area contributed by atoms with Crippen LogP contribution >= 0.6 is 0 Å². The normalized spacial score (nSPS) is 10.4. The Morgan fingerprint density at radius 3 is 2.10 bits per heavy atom. The molecule has 0 spiro atoms. The van der Waals surface area contributed by atoms with E-state index in [0.717, 1.165) is 33.2 Å². The van der Waals surface area contributed by atoms with E-state index in [-0.39, 0.29) is 11.3 Å². The van der Waals surface area contributed by atoms with Crippen LogP contribution < -0.4 is 5.56 Å². The molecular formula is C27H27NO2. The number of aryl methyl sites for hydroxylation is 3. The monoisotopic (exact) mass is 397 g/mol. The Morgan fingerprint density at radius 2 is 1.43 bits per heavy atom. The zero-order chi connectivity index (χ0) is 21.8. The highest BCUT2D eigenvalue weighted by Crippen LogP contribution is 2.29. The van der Waals surface area contributed by atoms with Gasteiger partial charge in [0.2, 0.25) is 0 Å². The Balaban J connectivity index is 0.00000124. The molecule has 0 bridgehead atoms. The van der Waals surface area contributed by atoms with E-state index in [2.05, 4.69) is 6.07 Å². The molecule has 0 amide bonds. The van der Waals surface area contributed by atoms with Crippen molar-refractivity contribution in [2.75, 3.05) is 0 Å². The summed E-state index contributed by atoms with van der Waals surface area (Å²) >= 11 is 0. The van der Waals surface area contributed by atoms with Gasteiger partial charge in [-0.1, -0.05) is 73.5 Å². The van der Waals surface area contributed by atoms with Crippen LogP contribution in [0.4, 0.5) is 0 Å². The largest absolute Gasteiger partial charge is 0.311 e. The van der Waals surface area contributed by atoms with Gasteiger partial charge in [0, 0.05) is 29.6 Å². The number of rotatable bonds is 3. The van der Waals surface area contributed by atoms with Crippen molar-refractivity contribution in [2.24, 2.45) is 7.05 Å². The molecule has 0 aliphatic rings. The maximum atomic E-state index is 13.0. The van der Waals surface area contributed by atoms with E-state index in [1.54, 1.807) is 23.7 Å². The van der Waals surface area contributed by atoms with Gasteiger partial charge in [0.25, 0.3) is 5.56 Å². The van der Waals surface area contributed by atoms with Crippen molar-refractivity contribution in [1.82, 2.24) is 4.57 Å². The number of carbonyl (C=O) groups excluding carboxylic acids is 1. The number of ketones is 1. The number of pyridine rings is 1. The van der Waals surface area contributed by atoms with E-state index < -0.39 is 0 Å². The van der Waals surface area contributed by atoms with Gasteiger partial charge in [-0.3, -0.25) is 9.59 Å². The van der Waals surface area contributed by atoms with Crippen molar-refractivity contribution in [3.05, 3.63) is 105 Å². The molecule has 0 radical (unpaired) electrons. The third-order valence-electron chi connectivity index (χ3n) is 5.15. The minimum atomic E-state index is -0.0679. The first-order chi connectivity index (χ1) is 14.4. The minimum absolute atomic E-state index is 0.0223. The molecule has 0 unspecified atom stereocenters. The highest BCUT2D eigenvalue weighted by Gasteiger charge is 2.14. The van der Waals surface area contributed by atoms with Crippen molar-refractivity contribution in [3.63, 3.8) is 0 Å². The molecule has 0 aliphatic heterocycles. The molecule has 0 saturated carbocycles. The molecule has 0 saturated heterocycles. The van der Waals surface area contributed by atoms with Gasteiger partial charge in [0.1, 0.15) is 0 Å². The van der Waals surface area contributed by atoms with Gasteiger partial charge in [-0.2, -0.15) is 0 Å². The average molecular weight is 398 g/mol. The van der Waals surface area contributed by atoms with Crippen LogP contribution in [0.2, 0.25) is 0 Å². The molecule has 3 aromatic carbocycles. The van der Waals surface area contributed by atoms with E-state index in [9.17, 15) is 9.59 Å². The predicted molar refractivity (Wildman–Crippen MR) is 125 cm³/mol. The fourth-order valence-electron chi connectivity index (χ4n) is 3.53. The second kappa shape index (κ2) is 8.91. The first-order valence-electron chi connectivity index (χ1n) is 10.3. The molecular weight excluding hydrogens is 370 g/mol. The number of benzene rings is 3. The van der Waals surface area contributed by atoms with Crippen LogP contribution in [0, 0.1) is 13.8 Å². The molecule has 0 N–H and O–H groups in total. The Labute approximate surface area is 177 Å². The predicted octanol–water partition coefficient (Wildman–Crippen LogP) is 6.08. The van der Waals surface area contributed by atoms with Crippen molar-refractivity contribution >= 4 is 16.7 Å². The Hall–Kier alpha value is -3.46. The van der Waals surface area contributed by atoms with Gasteiger partial charge < -0.3 is 4.57 Å². The summed E-state index contributed by atoms with van der Waals surface area (Å²) in [6.45, 7) is 8.03. The fourth-order valence-corrected chi connectivity index (χ4v) is 3.53. The first kappa shape index (κ1) is 21.3. The molecule has 4 aromatic rings. The summed E-state index contributed by atoms with van der Waals surface area (Å²) in [7, 11) is 1.76. The Kier molecular flexibility index (Phi) is 6.31. The van der Waals surface area contributed by atoms with Crippen LogP contribution in [-0.4, -0.2) is 10.4 Å². The summed E-state index contributed by atoms with van der Waals surface area (Å²) in [4.78, 5) is 25.5. The van der Waals surface area contributed by atoms with E-state index in [1.807, 2.05) is 82.3 Å². The topological polar surface area (TPSA) is 39.1 Å². The summed E-state index contributed by atoms with van der Waals surface area (Å²) in [5, 5.41) is 0.894. The van der Waals surface area contributed by atoms with E-state index in [1.165, 1.54) is 0 Å². The number of carbonyl (C=O) groups is 1. The highest BCUT2D eigenvalue weighted by atomic mass is 16.1. The third kappa shape index (κ3) is 4.11. The zero-order valence-corrected chi connectivity index (χ0v) is 18.2. The second-order valence-electron chi connectivity index (χ2n) is 7.25. The molecule has 3 nitrogen and oxygen atoms in total. The van der Waals surface area contributed by atoms with Crippen LogP contribution in [0.1, 0.15) is 40.9 Å². The maximum Gasteiger partial charge on any atom is 0.251 e. The van der Waals surface area contributed by atoms with Gasteiger partial charge in [-0.05, 0) is 43.2 Å². The number of nitrogens with zero attached hydrogens (tertiary/aromatic N) is 1. The summed E-state index contributed by atoms with van der Waals surface area (Å²) < 4.78 is 1.62. The number of hydrogen-bond acceptors (Lipinski definition) is 2. The number of hydrogen-bond donors (Lipinski definition) is 0. The van der Waals surface area contributed by atoms with Crippen molar-refractivity contribution < 1.29 is 4.79 Å². The van der Waals surface area contributed by atoms with Gasteiger partial charge in [0.05, 0.1) is 5.52 Å². The van der Waals surface area contributed by atoms with E-state index in [0.29, 0.717) is 11.1 Å². The van der Waals surface area contributed by atoms with Gasteiger partial charge in [0.15, 0.2) is 5.78 Å². The molecule has 0 fully saturated rings. The van der Waals surface area contributed by atoms with Gasteiger partial charge in [-0.25, -0.2) is 0 Å². The van der Waals surface area contributed by atoms with Gasteiger partial charge in [-0.15, -0.1) is 0 Å². The lowest BCUT2D eigenvalue weighted by molar-refractivity contribution is 0.103. The molecule has 4 rings (SSSR count). The lowest BCUT2D eigenvalue weighted by Gasteiger charge is -2.12. The third-order valence-corrected chi connectivity index (χ3v) is 5.15. The molecule has 3 heteroatoms. The lowest BCUT2D eigenvalue weighted by Crippen LogP contribution is -2.16. The van der Waals surface area contributed by atoms with Crippen LogP contribution in [0.5, 0.6) is 0 Å². The van der Waals surface area contributed by atoms with Crippen LogP contribution in [0.3, 0.4) is 0 Å². The summed E-state index contributed by atoms with van der Waals surface area (Å²) in [6, 6.07) is 22.8. The second-order valence-corrected chi connectivity index (χ2v) is 7.25. The summed E-state index contributed by atoms with van der Waals surface area (Å²) in [5.74, 6) is -0.0223. The standard InChI is InChI=1S/C25H21NO2.C2H6/c1-16-7-9-18(10-8-16)25(28)20-11-12-23-22(14-20)21(15-24(27)26(23)3)19-6-4-5-17(2)13-19;1-2/h4-15H,1-3H3;1-2H3. The summed E-state index contributed by atoms with van der Waals surface area (Å²) in [6.07, 6.45) is 0. The molecule has 0 aliphatic carbocycles. The molecule has 1 aromatic heterocycles. The molecule has 0 atom stereocenters. The number of fused-ring (bicyclic) bond motifs is 1. The smallest absolute Gasteiger partial charge is 0.251 e. The van der Waals surface area contributed by atoms with Crippen LogP contribution in [0.15, 0.2) is 77.6 Å². The van der Waals surface area contributed by atoms with Crippen molar-refractivity contribution in [1.29, 1.82) is 0 Å². The Morgan fingerprint density at radius 1 is 0.767 bits per heavy atom. The SMILES string of the molecule is CC.Cc1ccc(C(=O)c2ccc3c(c2)c(-c2cccc(C)c2)cc(=O)n3C)cc1. The minimum Gasteiger partial charge on any atom is -0.311 e. The molecule has 30 heavy (non-hydrogen) atoms. The average Bonchev–Trinajstić information content (AvgIpc) is 2.77. The van der Waals surface area contributed by atoms with Crippen molar-refractivity contribution in [3.8, 4) is 11.1 Å². The summed E-state index contributed by atoms with van der Waals surface area (Å²) in [5.41, 5.74) is 6.08. The number of aromatic nitrogens is 1. The van der Waals surface area contributed by atoms with Crippen LogP contribution in [-0.2, 0) is 7.05 Å². The lowest BCUT2D eigenvalue weighted by atomic mass is 9.95. The van der Waals surface area contributed by atoms with E-state index in [4.69, 9.17) is 0 Å². The van der Waals surface area contributed by atoms with Crippen LogP contribution in [0.25, 0.3) is 22.0 Å². The Bertz CT molecular complexity index is 1260.